The lowest BCUT2D eigenvalue weighted by molar-refractivity contribution is -0.117. The SMILES string of the molecule is CCC/C=C(/C)c1cc(-c2cccc(NC(=O)CF)c2)cnc1C. The van der Waals surface area contributed by atoms with Crippen molar-refractivity contribution in [2.24, 2.45) is 0 Å². The second kappa shape index (κ2) is 8.39. The summed E-state index contributed by atoms with van der Waals surface area (Å²) in [7, 11) is 0. The van der Waals surface area contributed by atoms with Gasteiger partial charge in [0.1, 0.15) is 0 Å². The van der Waals surface area contributed by atoms with E-state index in [0.717, 1.165) is 35.2 Å². The van der Waals surface area contributed by atoms with Crippen molar-refractivity contribution in [2.45, 2.75) is 33.6 Å². The maximum Gasteiger partial charge on any atom is 0.255 e. The van der Waals surface area contributed by atoms with Gasteiger partial charge in [-0.15, -0.1) is 0 Å². The largest absolute Gasteiger partial charge is 0.324 e. The summed E-state index contributed by atoms with van der Waals surface area (Å²) in [6, 6.07) is 9.47. The molecule has 2 aromatic rings. The highest BCUT2D eigenvalue weighted by atomic mass is 19.1. The number of halogens is 1. The number of anilines is 1. The van der Waals surface area contributed by atoms with Gasteiger partial charge >= 0.3 is 0 Å². The number of pyridine rings is 1. The molecule has 1 aromatic carbocycles. The molecule has 0 aliphatic heterocycles. The van der Waals surface area contributed by atoms with E-state index in [1.807, 2.05) is 31.3 Å². The average Bonchev–Trinajstić information content (AvgIpc) is 2.60. The van der Waals surface area contributed by atoms with Crippen LogP contribution in [0.25, 0.3) is 16.7 Å². The monoisotopic (exact) mass is 326 g/mol. The number of carbonyl (C=O) groups is 1. The number of hydrogen-bond acceptors (Lipinski definition) is 2. The van der Waals surface area contributed by atoms with Crippen molar-refractivity contribution in [3.63, 3.8) is 0 Å². The second-order valence-corrected chi connectivity index (χ2v) is 5.80. The van der Waals surface area contributed by atoms with Crippen molar-refractivity contribution in [1.29, 1.82) is 0 Å². The van der Waals surface area contributed by atoms with Crippen LogP contribution < -0.4 is 5.32 Å². The number of nitrogens with one attached hydrogen (secondary N) is 1. The third-order valence-corrected chi connectivity index (χ3v) is 3.85. The summed E-state index contributed by atoms with van der Waals surface area (Å²) in [6.45, 7) is 5.23. The topological polar surface area (TPSA) is 42.0 Å². The Morgan fingerprint density at radius 1 is 1.29 bits per heavy atom. The molecule has 4 heteroatoms. The van der Waals surface area contributed by atoms with Crippen molar-refractivity contribution < 1.29 is 9.18 Å². The maximum atomic E-state index is 12.4. The molecule has 0 saturated heterocycles. The number of rotatable bonds is 6. The van der Waals surface area contributed by atoms with E-state index in [4.69, 9.17) is 0 Å². The molecule has 0 fully saturated rings. The molecule has 1 heterocycles. The second-order valence-electron chi connectivity index (χ2n) is 5.80. The number of amides is 1. The van der Waals surface area contributed by atoms with Gasteiger partial charge in [-0.2, -0.15) is 0 Å². The first-order valence-corrected chi connectivity index (χ1v) is 8.15. The van der Waals surface area contributed by atoms with Gasteiger partial charge in [-0.05, 0) is 55.2 Å². The van der Waals surface area contributed by atoms with Crippen LogP contribution in [-0.4, -0.2) is 17.6 Å². The van der Waals surface area contributed by atoms with Crippen LogP contribution in [-0.2, 0) is 4.79 Å². The third-order valence-electron chi connectivity index (χ3n) is 3.85. The van der Waals surface area contributed by atoms with Crippen LogP contribution in [0.3, 0.4) is 0 Å². The Hall–Kier alpha value is -2.49. The van der Waals surface area contributed by atoms with Crippen molar-refractivity contribution in [3.05, 3.63) is 53.9 Å². The molecule has 0 aliphatic rings. The van der Waals surface area contributed by atoms with Gasteiger partial charge in [0.05, 0.1) is 0 Å². The summed E-state index contributed by atoms with van der Waals surface area (Å²) in [6.07, 6.45) is 6.20. The summed E-state index contributed by atoms with van der Waals surface area (Å²) < 4.78 is 12.4. The van der Waals surface area contributed by atoms with E-state index in [-0.39, 0.29) is 0 Å². The molecule has 0 unspecified atom stereocenters. The number of hydrogen-bond donors (Lipinski definition) is 1. The fraction of sp³-hybridized carbons (Fsp3) is 0.300. The van der Waals surface area contributed by atoms with Gasteiger partial charge in [0.25, 0.3) is 5.91 Å². The summed E-state index contributed by atoms with van der Waals surface area (Å²) in [5, 5.41) is 2.53. The van der Waals surface area contributed by atoms with Crippen LogP contribution in [0, 0.1) is 6.92 Å². The minimum atomic E-state index is -1.03. The number of aryl methyl sites for hydroxylation is 1. The van der Waals surface area contributed by atoms with Crippen LogP contribution in [0.5, 0.6) is 0 Å². The van der Waals surface area contributed by atoms with Crippen LogP contribution in [0.15, 0.2) is 42.6 Å². The first kappa shape index (κ1) is 17.9. The highest BCUT2D eigenvalue weighted by molar-refractivity contribution is 5.92. The molecule has 0 bridgehead atoms. The van der Waals surface area contributed by atoms with Crippen molar-refractivity contribution in [3.8, 4) is 11.1 Å². The molecule has 0 spiro atoms. The smallest absolute Gasteiger partial charge is 0.255 e. The first-order chi connectivity index (χ1) is 11.5. The summed E-state index contributed by atoms with van der Waals surface area (Å²) in [5.41, 5.74) is 5.81. The fourth-order valence-electron chi connectivity index (χ4n) is 2.53. The summed E-state index contributed by atoms with van der Waals surface area (Å²) in [5.74, 6) is -0.645. The molecule has 3 nitrogen and oxygen atoms in total. The normalized spacial score (nSPS) is 11.4. The molecule has 0 radical (unpaired) electrons. The predicted molar refractivity (Wildman–Crippen MR) is 97.6 cm³/mol. The van der Waals surface area contributed by atoms with E-state index in [9.17, 15) is 9.18 Å². The van der Waals surface area contributed by atoms with E-state index >= 15 is 0 Å². The fourth-order valence-corrected chi connectivity index (χ4v) is 2.53. The predicted octanol–water partition coefficient (Wildman–Crippen LogP) is 5.17. The first-order valence-electron chi connectivity index (χ1n) is 8.15. The molecule has 0 atom stereocenters. The van der Waals surface area contributed by atoms with Crippen molar-refractivity contribution in [2.75, 3.05) is 12.0 Å². The van der Waals surface area contributed by atoms with Gasteiger partial charge in [0.15, 0.2) is 6.67 Å². The van der Waals surface area contributed by atoms with Gasteiger partial charge < -0.3 is 5.32 Å². The van der Waals surface area contributed by atoms with Gasteiger partial charge in [0.2, 0.25) is 0 Å². The standard InChI is InChI=1S/C20H23FN2O/c1-4-5-7-14(2)19-11-17(13-22-15(19)3)16-8-6-9-18(10-16)23-20(24)12-21/h6-11,13H,4-5,12H2,1-3H3,(H,23,24)/b14-7-. The highest BCUT2D eigenvalue weighted by Crippen LogP contribution is 2.27. The van der Waals surface area contributed by atoms with E-state index in [1.54, 1.807) is 6.07 Å². The zero-order valence-electron chi connectivity index (χ0n) is 14.4. The van der Waals surface area contributed by atoms with Crippen LogP contribution in [0.2, 0.25) is 0 Å². The summed E-state index contributed by atoms with van der Waals surface area (Å²) in [4.78, 5) is 15.7. The van der Waals surface area contributed by atoms with Crippen LogP contribution in [0.1, 0.15) is 37.9 Å². The molecule has 2 rings (SSSR count). The highest BCUT2D eigenvalue weighted by Gasteiger charge is 2.07. The minimum absolute atomic E-state index is 0.579. The Balaban J connectivity index is 2.36. The van der Waals surface area contributed by atoms with E-state index in [1.165, 1.54) is 5.57 Å². The number of unbranched alkanes of at least 4 members (excludes halogenated alkanes) is 1. The molecule has 24 heavy (non-hydrogen) atoms. The minimum Gasteiger partial charge on any atom is -0.324 e. The third kappa shape index (κ3) is 4.51. The number of allylic oxidation sites excluding steroid dienone is 2. The van der Waals surface area contributed by atoms with Gasteiger partial charge in [0, 0.05) is 23.1 Å². The molecule has 0 aliphatic carbocycles. The maximum absolute atomic E-state index is 12.4. The lowest BCUT2D eigenvalue weighted by Gasteiger charge is -2.10. The number of alkyl halides is 1. The Morgan fingerprint density at radius 3 is 2.79 bits per heavy atom. The molecule has 1 aromatic heterocycles. The Bertz CT molecular complexity index is 753. The van der Waals surface area contributed by atoms with Gasteiger partial charge in [-0.3, -0.25) is 9.78 Å². The Labute approximate surface area is 142 Å². The summed E-state index contributed by atoms with van der Waals surface area (Å²) >= 11 is 0. The van der Waals surface area contributed by atoms with Crippen LogP contribution >= 0.6 is 0 Å². The van der Waals surface area contributed by atoms with E-state index in [0.29, 0.717) is 5.69 Å². The number of carbonyl (C=O) groups excluding carboxylic acids is 1. The Kier molecular flexibility index (Phi) is 6.24. The van der Waals surface area contributed by atoms with Gasteiger partial charge in [-0.25, -0.2) is 4.39 Å². The van der Waals surface area contributed by atoms with Crippen molar-refractivity contribution in [1.82, 2.24) is 4.98 Å². The molecule has 1 N–H and O–H groups in total. The van der Waals surface area contributed by atoms with E-state index in [2.05, 4.69) is 36.3 Å². The Morgan fingerprint density at radius 2 is 2.08 bits per heavy atom. The van der Waals surface area contributed by atoms with Gasteiger partial charge in [-0.1, -0.05) is 31.6 Å². The zero-order chi connectivity index (χ0) is 17.5. The lowest BCUT2D eigenvalue weighted by atomic mass is 9.99. The molecule has 1 amide bonds. The molecule has 0 saturated carbocycles. The average molecular weight is 326 g/mol. The molecule has 126 valence electrons. The lowest BCUT2D eigenvalue weighted by Crippen LogP contribution is -2.12. The van der Waals surface area contributed by atoms with Crippen molar-refractivity contribution >= 4 is 17.2 Å². The molecular weight excluding hydrogens is 303 g/mol. The van der Waals surface area contributed by atoms with Crippen LogP contribution in [0.4, 0.5) is 10.1 Å². The van der Waals surface area contributed by atoms with E-state index < -0.39 is 12.6 Å². The number of benzene rings is 1. The number of aromatic nitrogens is 1. The quantitative estimate of drug-likeness (QED) is 0.796. The molecular formula is C20H23FN2O. The zero-order valence-corrected chi connectivity index (χ0v) is 14.4. The number of nitrogens with zero attached hydrogens (tertiary/aromatic N) is 1.